The minimum atomic E-state index is -3.48. The van der Waals surface area contributed by atoms with Gasteiger partial charge in [0.15, 0.2) is 0 Å². The van der Waals surface area contributed by atoms with Crippen molar-refractivity contribution in [2.45, 2.75) is 12.3 Å². The van der Waals surface area contributed by atoms with Crippen molar-refractivity contribution in [1.82, 2.24) is 9.29 Å². The van der Waals surface area contributed by atoms with Gasteiger partial charge in [-0.1, -0.05) is 36.4 Å². The van der Waals surface area contributed by atoms with Gasteiger partial charge in [-0.2, -0.15) is 0 Å². The van der Waals surface area contributed by atoms with E-state index in [0.717, 1.165) is 5.56 Å². The van der Waals surface area contributed by atoms with Crippen molar-refractivity contribution in [3.05, 3.63) is 77.7 Å². The molecule has 0 spiro atoms. The van der Waals surface area contributed by atoms with Gasteiger partial charge in [0, 0.05) is 25.2 Å². The van der Waals surface area contributed by atoms with E-state index in [1.54, 1.807) is 36.5 Å². The molecule has 0 aliphatic rings. The fraction of sp³-hybridized carbons (Fsp3) is 0.167. The molecule has 0 saturated carbocycles. The van der Waals surface area contributed by atoms with Crippen LogP contribution in [0, 0.1) is 5.82 Å². The lowest BCUT2D eigenvalue weighted by atomic mass is 10.1. The number of pyridine rings is 1. The summed E-state index contributed by atoms with van der Waals surface area (Å²) in [7, 11) is -1.95. The van der Waals surface area contributed by atoms with E-state index < -0.39 is 10.0 Å². The predicted octanol–water partition coefficient (Wildman–Crippen LogP) is 3.34. The molecular formula is C18H17FN2O2S. The van der Waals surface area contributed by atoms with Crippen LogP contribution >= 0.6 is 0 Å². The zero-order chi connectivity index (χ0) is 17.2. The number of nitrogens with zero attached hydrogens (tertiary/aromatic N) is 2. The summed E-state index contributed by atoms with van der Waals surface area (Å²) in [5, 5.41) is 0.392. The van der Waals surface area contributed by atoms with Crippen LogP contribution in [-0.2, 0) is 22.3 Å². The van der Waals surface area contributed by atoms with Crippen LogP contribution in [0.15, 0.2) is 60.8 Å². The van der Waals surface area contributed by atoms with E-state index >= 15 is 0 Å². The molecule has 0 amide bonds. The van der Waals surface area contributed by atoms with Gasteiger partial charge >= 0.3 is 0 Å². The lowest BCUT2D eigenvalue weighted by molar-refractivity contribution is 0.466. The maximum atomic E-state index is 13.9. The highest BCUT2D eigenvalue weighted by Crippen LogP contribution is 2.22. The summed E-state index contributed by atoms with van der Waals surface area (Å²) < 4.78 is 40.2. The molecule has 6 heteroatoms. The highest BCUT2D eigenvalue weighted by Gasteiger charge is 2.20. The van der Waals surface area contributed by atoms with E-state index in [1.807, 2.05) is 18.2 Å². The van der Waals surface area contributed by atoms with Gasteiger partial charge in [0.1, 0.15) is 5.82 Å². The molecule has 2 aromatic carbocycles. The van der Waals surface area contributed by atoms with Gasteiger partial charge in [-0.05, 0) is 29.3 Å². The lowest BCUT2D eigenvalue weighted by Crippen LogP contribution is -2.28. The molecule has 0 radical (unpaired) electrons. The van der Waals surface area contributed by atoms with Crippen molar-refractivity contribution < 1.29 is 12.8 Å². The SMILES string of the molecule is CN(Cc1ccc(F)c2cccnc12)S(=O)(=O)Cc1ccccc1. The van der Waals surface area contributed by atoms with Crippen LogP contribution in [0.2, 0.25) is 0 Å². The number of benzene rings is 2. The average Bonchev–Trinajstić information content (AvgIpc) is 2.58. The molecule has 0 aliphatic heterocycles. The van der Waals surface area contributed by atoms with Crippen LogP contribution in [0.25, 0.3) is 10.9 Å². The molecule has 0 fully saturated rings. The molecule has 0 saturated heterocycles. The molecule has 124 valence electrons. The predicted molar refractivity (Wildman–Crippen MR) is 92.2 cm³/mol. The molecule has 1 aromatic heterocycles. The Morgan fingerprint density at radius 1 is 1.04 bits per heavy atom. The second-order valence-electron chi connectivity index (χ2n) is 5.60. The third-order valence-electron chi connectivity index (χ3n) is 3.86. The van der Waals surface area contributed by atoms with Crippen LogP contribution in [0.1, 0.15) is 11.1 Å². The molecule has 0 aliphatic carbocycles. The monoisotopic (exact) mass is 344 g/mol. The minimum absolute atomic E-state index is 0.0725. The second-order valence-corrected chi connectivity index (χ2v) is 7.68. The highest BCUT2D eigenvalue weighted by molar-refractivity contribution is 7.88. The Balaban J connectivity index is 1.87. The molecule has 0 N–H and O–H groups in total. The summed E-state index contributed by atoms with van der Waals surface area (Å²) in [6, 6.07) is 15.2. The highest BCUT2D eigenvalue weighted by atomic mass is 32.2. The van der Waals surface area contributed by atoms with Gasteiger partial charge in [0.25, 0.3) is 0 Å². The first-order chi connectivity index (χ1) is 11.5. The number of aromatic nitrogens is 1. The van der Waals surface area contributed by atoms with Crippen molar-refractivity contribution >= 4 is 20.9 Å². The fourth-order valence-electron chi connectivity index (χ4n) is 2.56. The lowest BCUT2D eigenvalue weighted by Gasteiger charge is -2.18. The van der Waals surface area contributed by atoms with Gasteiger partial charge in [-0.25, -0.2) is 17.1 Å². The normalized spacial score (nSPS) is 12.0. The Morgan fingerprint density at radius 3 is 2.54 bits per heavy atom. The van der Waals surface area contributed by atoms with Crippen molar-refractivity contribution in [2.24, 2.45) is 0 Å². The molecular weight excluding hydrogens is 327 g/mol. The summed E-state index contributed by atoms with van der Waals surface area (Å²) in [6.45, 7) is 0.142. The zero-order valence-electron chi connectivity index (χ0n) is 13.2. The molecule has 4 nitrogen and oxygen atoms in total. The Bertz CT molecular complexity index is 959. The number of halogens is 1. The molecule has 0 unspecified atom stereocenters. The van der Waals surface area contributed by atoms with Crippen LogP contribution in [0.4, 0.5) is 4.39 Å². The van der Waals surface area contributed by atoms with E-state index in [4.69, 9.17) is 0 Å². The number of hydrogen-bond donors (Lipinski definition) is 0. The molecule has 24 heavy (non-hydrogen) atoms. The van der Waals surface area contributed by atoms with Crippen LogP contribution in [0.3, 0.4) is 0 Å². The first kappa shape index (κ1) is 16.5. The van der Waals surface area contributed by atoms with E-state index in [0.29, 0.717) is 16.5 Å². The van der Waals surface area contributed by atoms with E-state index in [1.165, 1.54) is 17.4 Å². The fourth-order valence-corrected chi connectivity index (χ4v) is 3.73. The first-order valence-electron chi connectivity index (χ1n) is 7.47. The van der Waals surface area contributed by atoms with Crippen molar-refractivity contribution in [2.75, 3.05) is 7.05 Å². The average molecular weight is 344 g/mol. The maximum Gasteiger partial charge on any atom is 0.218 e. The van der Waals surface area contributed by atoms with E-state index in [2.05, 4.69) is 4.98 Å². The summed E-state index contributed by atoms with van der Waals surface area (Å²) in [4.78, 5) is 4.20. The standard InChI is InChI=1S/C18H17FN2O2S/c1-21(24(22,23)13-14-6-3-2-4-7-14)12-15-9-10-17(19)16-8-5-11-20-18(15)16/h2-11H,12-13H2,1H3. The van der Waals surface area contributed by atoms with Crippen molar-refractivity contribution in [1.29, 1.82) is 0 Å². The summed E-state index contributed by atoms with van der Waals surface area (Å²) in [5.41, 5.74) is 1.89. The molecule has 0 bridgehead atoms. The van der Waals surface area contributed by atoms with Gasteiger partial charge < -0.3 is 0 Å². The summed E-state index contributed by atoms with van der Waals surface area (Å²) in [5.74, 6) is -0.437. The Morgan fingerprint density at radius 2 is 1.79 bits per heavy atom. The molecule has 3 aromatic rings. The zero-order valence-corrected chi connectivity index (χ0v) is 14.0. The van der Waals surface area contributed by atoms with Crippen LogP contribution < -0.4 is 0 Å². The van der Waals surface area contributed by atoms with Crippen LogP contribution in [-0.4, -0.2) is 24.8 Å². The number of sulfonamides is 1. The third-order valence-corrected chi connectivity index (χ3v) is 5.64. The quantitative estimate of drug-likeness (QED) is 0.713. The Labute approximate surface area is 140 Å². The summed E-state index contributed by atoms with van der Waals surface area (Å²) in [6.07, 6.45) is 1.57. The van der Waals surface area contributed by atoms with Gasteiger partial charge in [0.05, 0.1) is 11.3 Å². The topological polar surface area (TPSA) is 50.3 Å². The maximum absolute atomic E-state index is 13.9. The Hall–Kier alpha value is -2.31. The smallest absolute Gasteiger partial charge is 0.218 e. The summed E-state index contributed by atoms with van der Waals surface area (Å²) >= 11 is 0. The molecule has 0 atom stereocenters. The first-order valence-corrected chi connectivity index (χ1v) is 9.08. The van der Waals surface area contributed by atoms with Crippen LogP contribution in [0.5, 0.6) is 0 Å². The molecule has 1 heterocycles. The van der Waals surface area contributed by atoms with Crippen molar-refractivity contribution in [3.8, 4) is 0 Å². The number of fused-ring (bicyclic) bond motifs is 1. The van der Waals surface area contributed by atoms with Gasteiger partial charge in [-0.3, -0.25) is 4.98 Å². The minimum Gasteiger partial charge on any atom is -0.256 e. The van der Waals surface area contributed by atoms with Gasteiger partial charge in [-0.15, -0.1) is 0 Å². The number of hydrogen-bond acceptors (Lipinski definition) is 3. The number of rotatable bonds is 5. The largest absolute Gasteiger partial charge is 0.256 e. The van der Waals surface area contributed by atoms with Crippen molar-refractivity contribution in [3.63, 3.8) is 0 Å². The van der Waals surface area contributed by atoms with E-state index in [-0.39, 0.29) is 18.1 Å². The Kier molecular flexibility index (Phi) is 4.59. The van der Waals surface area contributed by atoms with Gasteiger partial charge in [0.2, 0.25) is 10.0 Å². The van der Waals surface area contributed by atoms with E-state index in [9.17, 15) is 12.8 Å². The third kappa shape index (κ3) is 3.44. The second kappa shape index (κ2) is 6.67. The molecule has 3 rings (SSSR count).